The molecule has 0 aliphatic carbocycles. The van der Waals surface area contributed by atoms with Crippen molar-refractivity contribution in [3.05, 3.63) is 192 Å². The van der Waals surface area contributed by atoms with Crippen LogP contribution in [0.5, 0.6) is 0 Å². The van der Waals surface area contributed by atoms with Crippen LogP contribution in [0, 0.1) is 13.8 Å². The van der Waals surface area contributed by atoms with Crippen LogP contribution in [0.2, 0.25) is 0 Å². The number of nitrogens with zero attached hydrogens (tertiary/aromatic N) is 2. The van der Waals surface area contributed by atoms with E-state index in [0.29, 0.717) is 0 Å². The lowest BCUT2D eigenvalue weighted by Gasteiger charge is -2.31. The minimum absolute atomic E-state index is 0.928. The molecule has 56 heavy (non-hydrogen) atoms. The summed E-state index contributed by atoms with van der Waals surface area (Å²) in [6.07, 6.45) is 1.86. The van der Waals surface area contributed by atoms with E-state index in [4.69, 9.17) is 0 Å². The maximum absolute atomic E-state index is 2.51. The Morgan fingerprint density at radius 2 is 0.732 bits per heavy atom. The van der Waals surface area contributed by atoms with Crippen molar-refractivity contribution in [2.45, 2.75) is 40.5 Å². The summed E-state index contributed by atoms with van der Waals surface area (Å²) < 4.78 is 0. The van der Waals surface area contributed by atoms with E-state index in [9.17, 15) is 0 Å². The lowest BCUT2D eigenvalue weighted by molar-refractivity contribution is 1.15. The Labute approximate surface area is 329 Å². The van der Waals surface area contributed by atoms with Crippen molar-refractivity contribution in [1.29, 1.82) is 0 Å². The molecule has 0 aliphatic heterocycles. The Morgan fingerprint density at radius 3 is 1.16 bits per heavy atom. The average Bonchev–Trinajstić information content (AvgIpc) is 3.23. The van der Waals surface area contributed by atoms with Crippen molar-refractivity contribution in [1.82, 2.24) is 0 Å². The molecule has 270 valence electrons. The van der Waals surface area contributed by atoms with E-state index >= 15 is 0 Å². The standard InChI is InChI=1S/C54H44N2/c1-5-37-33-51(55(41-21-11-15-35(3)31-41)49-25-13-19-39-17-7-9-23-43(39)49)47-30-28-46-38(6-2)34-52(48-29-27-45(37)53(47)54(46)48)56(42-22-12-16-36(4)32-42)50-26-14-20-40-18-8-10-24-44(40)50/h7-34H,5-6H2,1-4H3. The van der Waals surface area contributed by atoms with Crippen LogP contribution in [0.4, 0.5) is 34.1 Å². The molecule has 0 saturated carbocycles. The van der Waals surface area contributed by atoms with Gasteiger partial charge in [0.05, 0.1) is 22.7 Å². The van der Waals surface area contributed by atoms with Crippen LogP contribution < -0.4 is 9.80 Å². The Morgan fingerprint density at radius 1 is 0.339 bits per heavy atom. The first kappa shape index (κ1) is 33.9. The minimum atomic E-state index is 0.928. The molecule has 0 aliphatic rings. The highest BCUT2D eigenvalue weighted by Crippen LogP contribution is 2.51. The molecule has 10 aromatic carbocycles. The summed E-state index contributed by atoms with van der Waals surface area (Å²) in [6, 6.07) is 63.4. The van der Waals surface area contributed by atoms with E-state index < -0.39 is 0 Å². The molecule has 0 atom stereocenters. The molecule has 0 aromatic heterocycles. The number of hydrogen-bond donors (Lipinski definition) is 0. The molecule has 0 spiro atoms. The second-order valence-electron chi connectivity index (χ2n) is 15.2. The van der Waals surface area contributed by atoms with Crippen LogP contribution in [-0.4, -0.2) is 0 Å². The molecule has 0 saturated heterocycles. The van der Waals surface area contributed by atoms with Gasteiger partial charge in [-0.25, -0.2) is 0 Å². The molecule has 0 fully saturated rings. The zero-order valence-electron chi connectivity index (χ0n) is 32.5. The molecule has 0 amide bonds. The predicted molar refractivity (Wildman–Crippen MR) is 243 cm³/mol. The first-order chi connectivity index (χ1) is 27.5. The SMILES string of the molecule is CCc1cc(N(c2cccc(C)c2)c2cccc3ccccc23)c2ccc3c(CC)cc(N(c4cccc(C)c4)c4cccc5ccccc45)c4ccc1c2c34. The fourth-order valence-corrected chi connectivity index (χ4v) is 9.21. The number of rotatable bonds is 8. The van der Waals surface area contributed by atoms with Gasteiger partial charge < -0.3 is 9.80 Å². The Bertz CT molecular complexity index is 2880. The Balaban J connectivity index is 1.34. The van der Waals surface area contributed by atoms with Gasteiger partial charge in [-0.3, -0.25) is 0 Å². The van der Waals surface area contributed by atoms with Gasteiger partial charge in [-0.1, -0.05) is 135 Å². The highest BCUT2D eigenvalue weighted by Gasteiger charge is 2.25. The van der Waals surface area contributed by atoms with Crippen molar-refractivity contribution in [3.63, 3.8) is 0 Å². The molecule has 0 heterocycles. The van der Waals surface area contributed by atoms with Gasteiger partial charge in [0, 0.05) is 32.9 Å². The highest BCUT2D eigenvalue weighted by molar-refractivity contribution is 6.29. The molecule has 0 bridgehead atoms. The second kappa shape index (κ2) is 13.6. The van der Waals surface area contributed by atoms with Crippen molar-refractivity contribution < 1.29 is 0 Å². The van der Waals surface area contributed by atoms with Crippen molar-refractivity contribution in [3.8, 4) is 0 Å². The van der Waals surface area contributed by atoms with Gasteiger partial charge in [-0.15, -0.1) is 0 Å². The Kier molecular flexibility index (Phi) is 8.22. The van der Waals surface area contributed by atoms with Crippen molar-refractivity contribution >= 4 is 88.0 Å². The number of fused-ring (bicyclic) bond motifs is 2. The third-order valence-electron chi connectivity index (χ3n) is 11.8. The minimum Gasteiger partial charge on any atom is -0.309 e. The van der Waals surface area contributed by atoms with E-state index in [1.165, 1.54) is 98.9 Å². The summed E-state index contributed by atoms with van der Waals surface area (Å²) in [4.78, 5) is 5.02. The van der Waals surface area contributed by atoms with Gasteiger partial charge >= 0.3 is 0 Å². The molecular weight excluding hydrogens is 677 g/mol. The summed E-state index contributed by atoms with van der Waals surface area (Å²) >= 11 is 0. The zero-order chi connectivity index (χ0) is 37.9. The second-order valence-corrected chi connectivity index (χ2v) is 15.2. The maximum Gasteiger partial charge on any atom is 0.0543 e. The predicted octanol–water partition coefficient (Wildman–Crippen LogP) is 15.6. The van der Waals surface area contributed by atoms with Gasteiger partial charge in [-0.2, -0.15) is 0 Å². The van der Waals surface area contributed by atoms with E-state index in [0.717, 1.165) is 24.2 Å². The van der Waals surface area contributed by atoms with Crippen LogP contribution in [0.25, 0.3) is 53.9 Å². The van der Waals surface area contributed by atoms with Gasteiger partial charge in [0.15, 0.2) is 0 Å². The molecule has 0 unspecified atom stereocenters. The lowest BCUT2D eigenvalue weighted by atomic mass is 9.86. The normalized spacial score (nSPS) is 11.7. The molecule has 10 aromatic rings. The Hall–Kier alpha value is -6.64. The smallest absolute Gasteiger partial charge is 0.0543 e. The van der Waals surface area contributed by atoms with Crippen LogP contribution in [-0.2, 0) is 12.8 Å². The molecular formula is C54H44N2. The van der Waals surface area contributed by atoms with E-state index in [1.807, 2.05) is 0 Å². The third-order valence-corrected chi connectivity index (χ3v) is 11.8. The van der Waals surface area contributed by atoms with E-state index in [-0.39, 0.29) is 0 Å². The number of aryl methyl sites for hydroxylation is 4. The van der Waals surface area contributed by atoms with E-state index in [1.54, 1.807) is 0 Å². The third kappa shape index (κ3) is 5.39. The van der Waals surface area contributed by atoms with Gasteiger partial charge in [0.1, 0.15) is 0 Å². The molecule has 0 radical (unpaired) electrons. The summed E-state index contributed by atoms with van der Waals surface area (Å²) in [5.41, 5.74) is 12.3. The number of hydrogen-bond acceptors (Lipinski definition) is 2. The quantitative estimate of drug-likeness (QED) is 0.144. The number of benzene rings is 10. The maximum atomic E-state index is 2.51. The molecule has 0 N–H and O–H groups in total. The largest absolute Gasteiger partial charge is 0.309 e. The first-order valence-electron chi connectivity index (χ1n) is 20.0. The van der Waals surface area contributed by atoms with Crippen LogP contribution in [0.3, 0.4) is 0 Å². The molecule has 2 heteroatoms. The fourth-order valence-electron chi connectivity index (χ4n) is 9.21. The summed E-state index contributed by atoms with van der Waals surface area (Å²) in [5.74, 6) is 0. The number of anilines is 6. The lowest BCUT2D eigenvalue weighted by Crippen LogP contribution is -2.13. The first-order valence-corrected chi connectivity index (χ1v) is 20.0. The summed E-state index contributed by atoms with van der Waals surface area (Å²) in [5, 5.41) is 12.8. The average molecular weight is 721 g/mol. The topological polar surface area (TPSA) is 6.48 Å². The zero-order valence-corrected chi connectivity index (χ0v) is 32.5. The van der Waals surface area contributed by atoms with Crippen LogP contribution in [0.1, 0.15) is 36.1 Å². The van der Waals surface area contributed by atoms with Gasteiger partial charge in [-0.05, 0) is 130 Å². The van der Waals surface area contributed by atoms with E-state index in [2.05, 4.69) is 207 Å². The van der Waals surface area contributed by atoms with Crippen molar-refractivity contribution in [2.75, 3.05) is 9.80 Å². The van der Waals surface area contributed by atoms with Gasteiger partial charge in [0.25, 0.3) is 0 Å². The summed E-state index contributed by atoms with van der Waals surface area (Å²) in [6.45, 7) is 8.98. The monoisotopic (exact) mass is 720 g/mol. The van der Waals surface area contributed by atoms with Gasteiger partial charge in [0.2, 0.25) is 0 Å². The molecule has 2 nitrogen and oxygen atoms in total. The fraction of sp³-hybridized carbons (Fsp3) is 0.111. The molecule has 10 rings (SSSR count). The van der Waals surface area contributed by atoms with Crippen LogP contribution in [0.15, 0.2) is 170 Å². The summed E-state index contributed by atoms with van der Waals surface area (Å²) in [7, 11) is 0. The van der Waals surface area contributed by atoms with Crippen LogP contribution >= 0.6 is 0 Å². The highest BCUT2D eigenvalue weighted by atomic mass is 15.2. The van der Waals surface area contributed by atoms with Crippen molar-refractivity contribution in [2.24, 2.45) is 0 Å².